The predicted molar refractivity (Wildman–Crippen MR) is 111 cm³/mol. The number of sulfonamides is 1. The fraction of sp³-hybridized carbons (Fsp3) is 0.333. The molecule has 1 saturated heterocycles. The van der Waals surface area contributed by atoms with Gasteiger partial charge in [-0.2, -0.15) is 0 Å². The number of rotatable bonds is 5. The van der Waals surface area contributed by atoms with Crippen molar-refractivity contribution in [3.63, 3.8) is 0 Å². The number of carbonyl (C=O) groups is 2. The first kappa shape index (κ1) is 21.0. The lowest BCUT2D eigenvalue weighted by Crippen LogP contribution is -2.34. The zero-order valence-corrected chi connectivity index (χ0v) is 17.5. The summed E-state index contributed by atoms with van der Waals surface area (Å²) in [6.07, 6.45) is 0.163. The number of anilines is 1. The Kier molecular flexibility index (Phi) is 5.77. The molecular formula is C21H25N3O4S. The van der Waals surface area contributed by atoms with E-state index in [1.165, 1.54) is 12.1 Å². The maximum atomic E-state index is 12.7. The van der Waals surface area contributed by atoms with E-state index in [1.807, 2.05) is 39.0 Å². The van der Waals surface area contributed by atoms with Gasteiger partial charge in [0, 0.05) is 18.7 Å². The average Bonchev–Trinajstić information content (AvgIpc) is 3.05. The summed E-state index contributed by atoms with van der Waals surface area (Å²) in [5, 5.41) is 8.02. The summed E-state index contributed by atoms with van der Waals surface area (Å²) in [5.41, 5.74) is 3.73. The highest BCUT2D eigenvalue weighted by molar-refractivity contribution is 7.89. The van der Waals surface area contributed by atoms with Crippen molar-refractivity contribution in [2.75, 3.05) is 11.4 Å². The van der Waals surface area contributed by atoms with Crippen molar-refractivity contribution in [3.8, 4) is 0 Å². The third-order valence-corrected chi connectivity index (χ3v) is 6.36. The van der Waals surface area contributed by atoms with Crippen molar-refractivity contribution in [3.05, 3.63) is 59.2 Å². The molecule has 2 atom stereocenters. The van der Waals surface area contributed by atoms with Crippen LogP contribution in [-0.2, 0) is 19.6 Å². The van der Waals surface area contributed by atoms with E-state index in [4.69, 9.17) is 5.14 Å². The highest BCUT2D eigenvalue weighted by Crippen LogP contribution is 2.30. The molecule has 2 amide bonds. The zero-order valence-electron chi connectivity index (χ0n) is 16.7. The zero-order chi connectivity index (χ0) is 21.3. The summed E-state index contributed by atoms with van der Waals surface area (Å²) in [5.74, 6) is -0.702. The van der Waals surface area contributed by atoms with Gasteiger partial charge in [0.15, 0.2) is 0 Å². The predicted octanol–water partition coefficient (Wildman–Crippen LogP) is 2.18. The maximum Gasteiger partial charge on any atom is 0.238 e. The van der Waals surface area contributed by atoms with Gasteiger partial charge in [-0.1, -0.05) is 24.3 Å². The Morgan fingerprint density at radius 3 is 2.45 bits per heavy atom. The van der Waals surface area contributed by atoms with Gasteiger partial charge in [-0.25, -0.2) is 13.6 Å². The summed E-state index contributed by atoms with van der Waals surface area (Å²) in [6.45, 7) is 6.11. The van der Waals surface area contributed by atoms with E-state index in [0.29, 0.717) is 6.54 Å². The second kappa shape index (κ2) is 7.96. The van der Waals surface area contributed by atoms with Crippen LogP contribution in [-0.4, -0.2) is 26.8 Å². The van der Waals surface area contributed by atoms with Gasteiger partial charge in [-0.3, -0.25) is 9.59 Å². The Balaban J connectivity index is 1.68. The largest absolute Gasteiger partial charge is 0.349 e. The van der Waals surface area contributed by atoms with E-state index in [-0.39, 0.29) is 29.2 Å². The molecule has 2 aromatic rings. The van der Waals surface area contributed by atoms with Crippen molar-refractivity contribution in [2.24, 2.45) is 11.1 Å². The highest BCUT2D eigenvalue weighted by Gasteiger charge is 2.36. The van der Waals surface area contributed by atoms with Crippen LogP contribution < -0.4 is 15.4 Å². The van der Waals surface area contributed by atoms with Crippen LogP contribution >= 0.6 is 0 Å². The summed E-state index contributed by atoms with van der Waals surface area (Å²) >= 11 is 0. The number of carbonyl (C=O) groups excluding carboxylic acids is 2. The minimum atomic E-state index is -3.76. The third kappa shape index (κ3) is 4.49. The number of hydrogen-bond acceptors (Lipinski definition) is 4. The molecule has 0 bridgehead atoms. The number of nitrogens with zero attached hydrogens (tertiary/aromatic N) is 1. The van der Waals surface area contributed by atoms with E-state index < -0.39 is 15.9 Å². The summed E-state index contributed by atoms with van der Waals surface area (Å²) in [6, 6.07) is 11.5. The van der Waals surface area contributed by atoms with E-state index in [2.05, 4.69) is 5.32 Å². The van der Waals surface area contributed by atoms with Gasteiger partial charge >= 0.3 is 0 Å². The topological polar surface area (TPSA) is 110 Å². The Bertz CT molecular complexity index is 1050. The maximum absolute atomic E-state index is 12.7. The van der Waals surface area contributed by atoms with E-state index >= 15 is 0 Å². The number of aryl methyl sites for hydroxylation is 1. The van der Waals surface area contributed by atoms with Crippen LogP contribution in [0.2, 0.25) is 0 Å². The van der Waals surface area contributed by atoms with Gasteiger partial charge in [0.2, 0.25) is 21.8 Å². The molecule has 1 aliphatic rings. The Labute approximate surface area is 171 Å². The number of nitrogens with one attached hydrogen (secondary N) is 1. The molecule has 29 heavy (non-hydrogen) atoms. The minimum absolute atomic E-state index is 0.0188. The summed E-state index contributed by atoms with van der Waals surface area (Å²) < 4.78 is 22.7. The lowest BCUT2D eigenvalue weighted by Gasteiger charge is -2.21. The molecule has 154 valence electrons. The van der Waals surface area contributed by atoms with Crippen LogP contribution in [0, 0.1) is 19.8 Å². The van der Waals surface area contributed by atoms with Gasteiger partial charge in [-0.15, -0.1) is 0 Å². The first-order valence-corrected chi connectivity index (χ1v) is 10.9. The second-order valence-corrected chi connectivity index (χ2v) is 9.03. The van der Waals surface area contributed by atoms with Gasteiger partial charge in [-0.05, 0) is 55.7 Å². The molecule has 1 heterocycles. The number of primary sulfonamides is 1. The smallest absolute Gasteiger partial charge is 0.238 e. The van der Waals surface area contributed by atoms with E-state index in [1.54, 1.807) is 17.0 Å². The van der Waals surface area contributed by atoms with Crippen LogP contribution in [0.25, 0.3) is 0 Å². The molecule has 8 heteroatoms. The van der Waals surface area contributed by atoms with Gasteiger partial charge < -0.3 is 10.2 Å². The lowest BCUT2D eigenvalue weighted by molar-refractivity contribution is -0.126. The van der Waals surface area contributed by atoms with Gasteiger partial charge in [0.25, 0.3) is 0 Å². The first-order chi connectivity index (χ1) is 13.6. The average molecular weight is 416 g/mol. The number of nitrogens with two attached hydrogens (primary N) is 1. The molecule has 2 unspecified atom stereocenters. The molecule has 0 aliphatic carbocycles. The standard InChI is InChI=1S/C21H25N3O4S/c1-13-5-4-6-19(14(13)2)24-12-17(11-20(24)25)21(26)23-15(3)16-7-9-18(10-8-16)29(22,27)28/h4-10,15,17H,11-12H2,1-3H3,(H,23,26)(H2,22,27,28). The first-order valence-electron chi connectivity index (χ1n) is 9.37. The minimum Gasteiger partial charge on any atom is -0.349 e. The molecule has 2 aromatic carbocycles. The third-order valence-electron chi connectivity index (χ3n) is 5.43. The summed E-state index contributed by atoms with van der Waals surface area (Å²) in [4.78, 5) is 26.9. The van der Waals surface area contributed by atoms with Crippen molar-refractivity contribution < 1.29 is 18.0 Å². The molecule has 1 fully saturated rings. The lowest BCUT2D eigenvalue weighted by atomic mass is 10.0. The van der Waals surface area contributed by atoms with E-state index in [9.17, 15) is 18.0 Å². The molecular weight excluding hydrogens is 390 g/mol. The molecule has 7 nitrogen and oxygen atoms in total. The Hall–Kier alpha value is -2.71. The highest BCUT2D eigenvalue weighted by atomic mass is 32.2. The number of benzene rings is 2. The van der Waals surface area contributed by atoms with E-state index in [0.717, 1.165) is 22.4 Å². The molecule has 3 N–H and O–H groups in total. The monoisotopic (exact) mass is 415 g/mol. The number of hydrogen-bond donors (Lipinski definition) is 2. The van der Waals surface area contributed by atoms with Crippen molar-refractivity contribution in [1.29, 1.82) is 0 Å². The van der Waals surface area contributed by atoms with Crippen LogP contribution in [0.4, 0.5) is 5.69 Å². The van der Waals surface area contributed by atoms with Crippen LogP contribution in [0.15, 0.2) is 47.4 Å². The van der Waals surface area contributed by atoms with Crippen LogP contribution in [0.1, 0.15) is 36.1 Å². The molecule has 0 radical (unpaired) electrons. The second-order valence-electron chi connectivity index (χ2n) is 7.47. The Morgan fingerprint density at radius 2 is 1.83 bits per heavy atom. The Morgan fingerprint density at radius 1 is 1.17 bits per heavy atom. The molecule has 1 aliphatic heterocycles. The molecule has 0 saturated carbocycles. The molecule has 0 aromatic heterocycles. The van der Waals surface area contributed by atoms with Crippen LogP contribution in [0.3, 0.4) is 0 Å². The van der Waals surface area contributed by atoms with Gasteiger partial charge in [0.05, 0.1) is 16.9 Å². The molecule has 0 spiro atoms. The SMILES string of the molecule is Cc1cccc(N2CC(C(=O)NC(C)c3ccc(S(N)(=O)=O)cc3)CC2=O)c1C. The summed E-state index contributed by atoms with van der Waals surface area (Å²) in [7, 11) is -3.76. The van der Waals surface area contributed by atoms with Crippen molar-refractivity contribution in [2.45, 2.75) is 38.1 Å². The fourth-order valence-electron chi connectivity index (χ4n) is 3.50. The normalized spacial score (nSPS) is 18.0. The van der Waals surface area contributed by atoms with Crippen molar-refractivity contribution in [1.82, 2.24) is 5.32 Å². The van der Waals surface area contributed by atoms with Gasteiger partial charge in [0.1, 0.15) is 0 Å². The fourth-order valence-corrected chi connectivity index (χ4v) is 4.02. The molecule has 3 rings (SSSR count). The quantitative estimate of drug-likeness (QED) is 0.780. The number of amides is 2. The van der Waals surface area contributed by atoms with Crippen molar-refractivity contribution >= 4 is 27.5 Å². The van der Waals surface area contributed by atoms with Crippen LogP contribution in [0.5, 0.6) is 0 Å².